The van der Waals surface area contributed by atoms with E-state index in [2.05, 4.69) is 0 Å². The first-order chi connectivity index (χ1) is 12.0. The summed E-state index contributed by atoms with van der Waals surface area (Å²) in [4.78, 5) is 32.9. The van der Waals surface area contributed by atoms with E-state index in [9.17, 15) is 19.7 Å². The van der Waals surface area contributed by atoms with E-state index < -0.39 is 17.0 Å². The summed E-state index contributed by atoms with van der Waals surface area (Å²) in [6, 6.07) is 12.0. The number of benzene rings is 2. The maximum Gasteiger partial charge on any atom is 0.352 e. The highest BCUT2D eigenvalue weighted by Gasteiger charge is 2.24. The first-order valence-electron chi connectivity index (χ1n) is 7.18. The zero-order chi connectivity index (χ0) is 18.2. The zero-order valence-corrected chi connectivity index (χ0v) is 13.3. The van der Waals surface area contributed by atoms with Crippen LogP contribution in [0.2, 0.25) is 0 Å². The molecule has 1 atom stereocenters. The van der Waals surface area contributed by atoms with Crippen LogP contribution in [0.15, 0.2) is 48.5 Å². The molecule has 0 heterocycles. The van der Waals surface area contributed by atoms with E-state index >= 15 is 0 Å². The average Bonchev–Trinajstić information content (AvgIpc) is 2.64. The second kappa shape index (κ2) is 8.44. The Labute approximate surface area is 143 Å². The van der Waals surface area contributed by atoms with Crippen LogP contribution in [0, 0.1) is 10.1 Å². The smallest absolute Gasteiger partial charge is 0.352 e. The molecule has 0 aliphatic heterocycles. The third-order valence-electron chi connectivity index (χ3n) is 3.35. The van der Waals surface area contributed by atoms with Gasteiger partial charge in [-0.05, 0) is 29.8 Å². The first-order valence-corrected chi connectivity index (χ1v) is 7.18. The van der Waals surface area contributed by atoms with E-state index in [0.717, 1.165) is 0 Å². The van der Waals surface area contributed by atoms with Gasteiger partial charge in [0.1, 0.15) is 12.4 Å². The maximum atomic E-state index is 12.2. The normalized spacial score (nSPS) is 11.2. The van der Waals surface area contributed by atoms with Crippen molar-refractivity contribution in [3.8, 4) is 5.75 Å². The van der Waals surface area contributed by atoms with Crippen LogP contribution in [0.5, 0.6) is 5.75 Å². The van der Waals surface area contributed by atoms with E-state index in [0.29, 0.717) is 16.9 Å². The molecule has 0 radical (unpaired) electrons. The fourth-order valence-electron chi connectivity index (χ4n) is 2.05. The number of hydrogen-bond acceptors (Lipinski definition) is 7. The van der Waals surface area contributed by atoms with Gasteiger partial charge in [0.25, 0.3) is 12.2 Å². The van der Waals surface area contributed by atoms with Crippen molar-refractivity contribution in [1.29, 1.82) is 0 Å². The molecule has 8 heteroatoms. The lowest BCUT2D eigenvalue weighted by atomic mass is 10.1. The van der Waals surface area contributed by atoms with Crippen molar-refractivity contribution in [3.05, 3.63) is 69.8 Å². The number of carbonyl (C=O) groups is 2. The van der Waals surface area contributed by atoms with Gasteiger partial charge in [-0.15, -0.1) is 0 Å². The van der Waals surface area contributed by atoms with Gasteiger partial charge in [0.05, 0.1) is 12.0 Å². The first kappa shape index (κ1) is 17.9. The van der Waals surface area contributed by atoms with Gasteiger partial charge in [-0.25, -0.2) is 4.79 Å². The molecule has 0 aromatic heterocycles. The molecule has 0 saturated carbocycles. The van der Waals surface area contributed by atoms with Crippen LogP contribution in [-0.4, -0.2) is 24.5 Å². The predicted molar refractivity (Wildman–Crippen MR) is 85.8 cm³/mol. The van der Waals surface area contributed by atoms with Crippen LogP contribution in [0.1, 0.15) is 17.2 Å². The molecule has 0 N–H and O–H groups in total. The number of nitro groups is 1. The molecule has 2 aromatic carbocycles. The second-order valence-electron chi connectivity index (χ2n) is 4.92. The Morgan fingerprint density at radius 2 is 1.80 bits per heavy atom. The number of ether oxygens (including phenoxy) is 3. The molecule has 8 nitrogen and oxygen atoms in total. The van der Waals surface area contributed by atoms with Gasteiger partial charge < -0.3 is 14.2 Å². The Morgan fingerprint density at radius 1 is 1.16 bits per heavy atom. The average molecular weight is 345 g/mol. The molecule has 1 unspecified atom stereocenters. The Hall–Kier alpha value is -3.42. The molecule has 0 bridgehead atoms. The van der Waals surface area contributed by atoms with Crippen LogP contribution in [0.4, 0.5) is 5.69 Å². The van der Waals surface area contributed by atoms with Crippen molar-refractivity contribution in [1.82, 2.24) is 0 Å². The highest BCUT2D eigenvalue weighted by molar-refractivity contribution is 5.77. The summed E-state index contributed by atoms with van der Waals surface area (Å²) in [6.07, 6.45) is -1.21. The number of esters is 1. The summed E-state index contributed by atoms with van der Waals surface area (Å²) in [5, 5.41) is 10.6. The Morgan fingerprint density at radius 3 is 2.32 bits per heavy atom. The zero-order valence-electron chi connectivity index (χ0n) is 13.3. The summed E-state index contributed by atoms with van der Waals surface area (Å²) in [7, 11) is 1.51. The largest absolute Gasteiger partial charge is 0.497 e. The minimum Gasteiger partial charge on any atom is -0.497 e. The van der Waals surface area contributed by atoms with Gasteiger partial charge in [0.2, 0.25) is 6.10 Å². The molecular formula is C17H15NO7. The van der Waals surface area contributed by atoms with E-state index in [-0.39, 0.29) is 18.8 Å². The van der Waals surface area contributed by atoms with Crippen molar-refractivity contribution in [3.63, 3.8) is 0 Å². The van der Waals surface area contributed by atoms with Crippen molar-refractivity contribution >= 4 is 18.1 Å². The molecule has 0 aliphatic carbocycles. The molecule has 0 saturated heterocycles. The van der Waals surface area contributed by atoms with Crippen LogP contribution in [-0.2, 0) is 25.7 Å². The van der Waals surface area contributed by atoms with Crippen LogP contribution < -0.4 is 4.74 Å². The molecule has 130 valence electrons. The lowest BCUT2D eigenvalue weighted by molar-refractivity contribution is -0.384. The fraction of sp³-hybridized carbons (Fsp3) is 0.176. The molecule has 2 aromatic rings. The third-order valence-corrected chi connectivity index (χ3v) is 3.35. The number of methoxy groups -OCH3 is 1. The van der Waals surface area contributed by atoms with Gasteiger partial charge in [-0.2, -0.15) is 0 Å². The van der Waals surface area contributed by atoms with Crippen LogP contribution in [0.3, 0.4) is 0 Å². The van der Waals surface area contributed by atoms with Gasteiger partial charge >= 0.3 is 5.97 Å². The lowest BCUT2D eigenvalue weighted by Crippen LogP contribution is -2.18. The molecular weight excluding hydrogens is 330 g/mol. The summed E-state index contributed by atoms with van der Waals surface area (Å²) in [6.45, 7) is 0.0632. The fourth-order valence-corrected chi connectivity index (χ4v) is 2.05. The number of non-ortho nitro benzene ring substituents is 1. The molecule has 25 heavy (non-hydrogen) atoms. The van der Waals surface area contributed by atoms with Gasteiger partial charge in [0.15, 0.2) is 0 Å². The molecule has 0 spiro atoms. The standard InChI is InChI=1S/C17H15NO7/c1-23-15-8-4-13(5-9-15)16(25-11-19)17(20)24-10-12-2-6-14(7-3-12)18(21)22/h2-9,11,16H,10H2,1H3. The summed E-state index contributed by atoms with van der Waals surface area (Å²) in [5.41, 5.74) is 0.940. The minimum atomic E-state index is -1.21. The van der Waals surface area contributed by atoms with E-state index in [1.54, 1.807) is 24.3 Å². The second-order valence-corrected chi connectivity index (χ2v) is 4.92. The minimum absolute atomic E-state index is 0.0597. The topological polar surface area (TPSA) is 105 Å². The number of carbonyl (C=O) groups excluding carboxylic acids is 2. The Balaban J connectivity index is 2.04. The van der Waals surface area contributed by atoms with Crippen molar-refractivity contribution in [2.75, 3.05) is 7.11 Å². The van der Waals surface area contributed by atoms with E-state index in [1.807, 2.05) is 0 Å². The summed E-state index contributed by atoms with van der Waals surface area (Å²) < 4.78 is 15.0. The number of nitro benzene ring substituents is 1. The molecule has 0 fully saturated rings. The summed E-state index contributed by atoms with van der Waals surface area (Å²) in [5.74, 6) is -0.163. The highest BCUT2D eigenvalue weighted by atomic mass is 16.6. The lowest BCUT2D eigenvalue weighted by Gasteiger charge is -2.15. The quantitative estimate of drug-likeness (QED) is 0.313. The van der Waals surface area contributed by atoms with E-state index in [4.69, 9.17) is 14.2 Å². The van der Waals surface area contributed by atoms with Crippen molar-refractivity contribution < 1.29 is 28.7 Å². The van der Waals surface area contributed by atoms with Crippen LogP contribution >= 0.6 is 0 Å². The number of hydrogen-bond donors (Lipinski definition) is 0. The Kier molecular flexibility index (Phi) is 6.05. The van der Waals surface area contributed by atoms with Gasteiger partial charge in [-0.1, -0.05) is 12.1 Å². The maximum absolute atomic E-state index is 12.2. The van der Waals surface area contributed by atoms with Crippen LogP contribution in [0.25, 0.3) is 0 Å². The molecule has 2 rings (SSSR count). The van der Waals surface area contributed by atoms with Crippen molar-refractivity contribution in [2.45, 2.75) is 12.7 Å². The van der Waals surface area contributed by atoms with Crippen molar-refractivity contribution in [2.24, 2.45) is 0 Å². The summed E-state index contributed by atoms with van der Waals surface area (Å²) >= 11 is 0. The molecule has 0 amide bonds. The number of nitrogens with zero attached hydrogens (tertiary/aromatic N) is 1. The SMILES string of the molecule is COc1ccc(C(OC=O)C(=O)OCc2ccc([N+](=O)[O-])cc2)cc1. The Bertz CT molecular complexity index is 741. The predicted octanol–water partition coefficient (Wildman–Crippen LogP) is 2.56. The van der Waals surface area contributed by atoms with Gasteiger partial charge in [0, 0.05) is 17.7 Å². The van der Waals surface area contributed by atoms with Gasteiger partial charge in [-0.3, -0.25) is 14.9 Å². The monoisotopic (exact) mass is 345 g/mol. The number of rotatable bonds is 8. The molecule has 0 aliphatic rings. The highest BCUT2D eigenvalue weighted by Crippen LogP contribution is 2.22. The third kappa shape index (κ3) is 4.77. The van der Waals surface area contributed by atoms with E-state index in [1.165, 1.54) is 31.4 Å².